The van der Waals surface area contributed by atoms with Gasteiger partial charge in [-0.1, -0.05) is 6.07 Å². The summed E-state index contributed by atoms with van der Waals surface area (Å²) < 4.78 is 19.3. The van der Waals surface area contributed by atoms with Gasteiger partial charge in [-0.2, -0.15) is 0 Å². The van der Waals surface area contributed by atoms with Crippen molar-refractivity contribution in [1.29, 1.82) is 0 Å². The predicted molar refractivity (Wildman–Crippen MR) is 70.7 cm³/mol. The van der Waals surface area contributed by atoms with Crippen molar-refractivity contribution in [3.8, 4) is 0 Å². The van der Waals surface area contributed by atoms with E-state index in [1.807, 2.05) is 11.9 Å². The highest BCUT2D eigenvalue weighted by Crippen LogP contribution is 2.24. The topological polar surface area (TPSA) is 49.8 Å². The van der Waals surface area contributed by atoms with Crippen LogP contribution in [0, 0.1) is 5.82 Å². The molecule has 0 amide bonds. The lowest BCUT2D eigenvalue weighted by Gasteiger charge is -2.25. The molecule has 0 aromatic heterocycles. The van der Waals surface area contributed by atoms with Crippen LogP contribution in [0.5, 0.6) is 0 Å². The largest absolute Gasteiger partial charge is 0.478 e. The van der Waals surface area contributed by atoms with E-state index in [4.69, 9.17) is 9.84 Å². The summed E-state index contributed by atoms with van der Waals surface area (Å²) in [5.41, 5.74) is 1.03. The van der Waals surface area contributed by atoms with Gasteiger partial charge in [0.1, 0.15) is 5.82 Å². The van der Waals surface area contributed by atoms with E-state index < -0.39 is 5.97 Å². The second-order valence-corrected chi connectivity index (χ2v) is 4.51. The Hall–Kier alpha value is -1.88. The zero-order valence-electron chi connectivity index (χ0n) is 10.7. The van der Waals surface area contributed by atoms with Gasteiger partial charge in [0.25, 0.3) is 0 Å². The Bertz CT molecular complexity index is 495. The van der Waals surface area contributed by atoms with Gasteiger partial charge in [0.15, 0.2) is 0 Å². The van der Waals surface area contributed by atoms with Crippen LogP contribution in [0.25, 0.3) is 6.08 Å². The van der Waals surface area contributed by atoms with E-state index in [1.54, 1.807) is 12.1 Å². The molecule has 0 bridgehead atoms. The molecule has 102 valence electrons. The maximum Gasteiger partial charge on any atom is 0.328 e. The molecule has 1 N–H and O–H groups in total. The molecule has 1 fully saturated rings. The Kier molecular flexibility index (Phi) is 4.16. The first-order chi connectivity index (χ1) is 9.08. The third-order valence-corrected chi connectivity index (χ3v) is 3.22. The quantitative estimate of drug-likeness (QED) is 0.847. The van der Waals surface area contributed by atoms with E-state index >= 15 is 0 Å². The van der Waals surface area contributed by atoms with Crippen LogP contribution in [0.15, 0.2) is 24.3 Å². The SMILES string of the molecule is CN(c1ccc(/C=C/C(=O)O)cc1F)C1CCOC1. The molecule has 0 spiro atoms. The smallest absolute Gasteiger partial charge is 0.328 e. The van der Waals surface area contributed by atoms with Gasteiger partial charge in [-0.3, -0.25) is 0 Å². The number of carboxylic acid groups (broad SMARTS) is 1. The summed E-state index contributed by atoms with van der Waals surface area (Å²) in [6.07, 6.45) is 3.24. The van der Waals surface area contributed by atoms with E-state index in [0.717, 1.165) is 12.5 Å². The zero-order chi connectivity index (χ0) is 13.8. The number of carbonyl (C=O) groups is 1. The highest BCUT2D eigenvalue weighted by molar-refractivity contribution is 5.85. The number of halogens is 1. The van der Waals surface area contributed by atoms with Gasteiger partial charge in [-0.15, -0.1) is 0 Å². The molecule has 19 heavy (non-hydrogen) atoms. The van der Waals surface area contributed by atoms with Crippen molar-refractivity contribution < 1.29 is 19.0 Å². The summed E-state index contributed by atoms with van der Waals surface area (Å²) in [7, 11) is 1.84. The van der Waals surface area contributed by atoms with E-state index in [0.29, 0.717) is 24.5 Å². The molecular formula is C14H16FNO3. The second-order valence-electron chi connectivity index (χ2n) is 4.51. The number of hydrogen-bond donors (Lipinski definition) is 1. The summed E-state index contributed by atoms with van der Waals surface area (Å²) >= 11 is 0. The number of aliphatic carboxylic acids is 1. The van der Waals surface area contributed by atoms with Crippen molar-refractivity contribution in [3.05, 3.63) is 35.7 Å². The standard InChI is InChI=1S/C14H16FNO3/c1-16(11-6-7-19-9-11)13-4-2-10(8-12(13)15)3-5-14(17)18/h2-5,8,11H,6-7,9H2,1H3,(H,17,18)/b5-3+. The molecule has 2 rings (SSSR count). The number of ether oxygens (including phenoxy) is 1. The van der Waals surface area contributed by atoms with Gasteiger partial charge < -0.3 is 14.7 Å². The van der Waals surface area contributed by atoms with E-state index in [2.05, 4.69) is 0 Å². The molecule has 0 aliphatic carbocycles. The second kappa shape index (κ2) is 5.84. The van der Waals surface area contributed by atoms with E-state index in [1.165, 1.54) is 12.1 Å². The number of likely N-dealkylation sites (N-methyl/N-ethyl adjacent to an activating group) is 1. The van der Waals surface area contributed by atoms with Crippen LogP contribution in [0.1, 0.15) is 12.0 Å². The van der Waals surface area contributed by atoms with Gasteiger partial charge >= 0.3 is 5.97 Å². The fourth-order valence-corrected chi connectivity index (χ4v) is 2.10. The first kappa shape index (κ1) is 13.5. The Morgan fingerprint density at radius 1 is 1.58 bits per heavy atom. The molecule has 5 heteroatoms. The fourth-order valence-electron chi connectivity index (χ4n) is 2.10. The summed E-state index contributed by atoms with van der Waals surface area (Å²) in [5, 5.41) is 8.53. The normalized spacial score (nSPS) is 18.9. The Balaban J connectivity index is 2.16. The van der Waals surface area contributed by atoms with Crippen molar-refractivity contribution in [2.75, 3.05) is 25.2 Å². The molecule has 1 aromatic carbocycles. The predicted octanol–water partition coefficient (Wildman–Crippen LogP) is 2.15. The molecule has 1 atom stereocenters. The first-order valence-electron chi connectivity index (χ1n) is 6.09. The van der Waals surface area contributed by atoms with Crippen LogP contribution in [0.3, 0.4) is 0 Å². The van der Waals surface area contributed by atoms with Gasteiger partial charge in [-0.25, -0.2) is 9.18 Å². The molecule has 0 saturated carbocycles. The monoisotopic (exact) mass is 265 g/mol. The number of rotatable bonds is 4. The lowest BCUT2D eigenvalue weighted by atomic mass is 10.1. The molecule has 1 aliphatic rings. The number of anilines is 1. The minimum absolute atomic E-state index is 0.190. The third kappa shape index (κ3) is 3.32. The van der Waals surface area contributed by atoms with E-state index in [-0.39, 0.29) is 11.9 Å². The Morgan fingerprint density at radius 2 is 2.37 bits per heavy atom. The van der Waals surface area contributed by atoms with Crippen molar-refractivity contribution in [1.82, 2.24) is 0 Å². The maximum atomic E-state index is 14.0. The molecule has 1 aromatic rings. The summed E-state index contributed by atoms with van der Waals surface area (Å²) in [6.45, 7) is 1.31. The number of hydrogen-bond acceptors (Lipinski definition) is 3. The van der Waals surface area contributed by atoms with Gasteiger partial charge in [0.05, 0.1) is 18.3 Å². The average molecular weight is 265 g/mol. The maximum absolute atomic E-state index is 14.0. The van der Waals surface area contributed by atoms with E-state index in [9.17, 15) is 9.18 Å². The summed E-state index contributed by atoms with van der Waals surface area (Å²) in [5.74, 6) is -1.41. The highest BCUT2D eigenvalue weighted by atomic mass is 19.1. The van der Waals surface area contributed by atoms with Crippen molar-refractivity contribution in [3.63, 3.8) is 0 Å². The minimum Gasteiger partial charge on any atom is -0.478 e. The summed E-state index contributed by atoms with van der Waals surface area (Å²) in [4.78, 5) is 12.3. The van der Waals surface area contributed by atoms with Crippen LogP contribution in [-0.2, 0) is 9.53 Å². The average Bonchev–Trinajstić information content (AvgIpc) is 2.89. The summed E-state index contributed by atoms with van der Waals surface area (Å²) in [6, 6.07) is 4.88. The molecule has 4 nitrogen and oxygen atoms in total. The number of benzene rings is 1. The van der Waals surface area contributed by atoms with Crippen LogP contribution in [0.2, 0.25) is 0 Å². The first-order valence-corrected chi connectivity index (χ1v) is 6.09. The number of nitrogens with zero attached hydrogens (tertiary/aromatic N) is 1. The van der Waals surface area contributed by atoms with Gasteiger partial charge in [-0.05, 0) is 30.2 Å². The van der Waals surface area contributed by atoms with Gasteiger partial charge in [0.2, 0.25) is 0 Å². The van der Waals surface area contributed by atoms with Crippen LogP contribution >= 0.6 is 0 Å². The minimum atomic E-state index is -1.05. The van der Waals surface area contributed by atoms with Crippen molar-refractivity contribution in [2.45, 2.75) is 12.5 Å². The highest BCUT2D eigenvalue weighted by Gasteiger charge is 2.22. The molecule has 0 radical (unpaired) electrons. The number of carboxylic acids is 1. The molecule has 1 aliphatic heterocycles. The molecule has 1 heterocycles. The third-order valence-electron chi connectivity index (χ3n) is 3.22. The lowest BCUT2D eigenvalue weighted by Crippen LogP contribution is -2.32. The fraction of sp³-hybridized carbons (Fsp3) is 0.357. The van der Waals surface area contributed by atoms with Crippen molar-refractivity contribution in [2.24, 2.45) is 0 Å². The van der Waals surface area contributed by atoms with Crippen LogP contribution in [0.4, 0.5) is 10.1 Å². The molecule has 1 saturated heterocycles. The molecule has 1 unspecified atom stereocenters. The van der Waals surface area contributed by atoms with Gasteiger partial charge in [0, 0.05) is 19.7 Å². The molecular weight excluding hydrogens is 249 g/mol. The Labute approximate surface area is 111 Å². The lowest BCUT2D eigenvalue weighted by molar-refractivity contribution is -0.131. The van der Waals surface area contributed by atoms with Crippen molar-refractivity contribution >= 4 is 17.7 Å². The zero-order valence-corrected chi connectivity index (χ0v) is 10.7. The Morgan fingerprint density at radius 3 is 2.95 bits per heavy atom. The van der Waals surface area contributed by atoms with Crippen LogP contribution < -0.4 is 4.90 Å². The van der Waals surface area contributed by atoms with Crippen LogP contribution in [-0.4, -0.2) is 37.4 Å².